The first kappa shape index (κ1) is 34.2. The van der Waals surface area contributed by atoms with E-state index in [2.05, 4.69) is 193 Å². The molecule has 9 aromatic carbocycles. The number of para-hydroxylation sites is 2. The molecule has 1 aliphatic rings. The number of benzene rings is 9. The Morgan fingerprint density at radius 1 is 0.400 bits per heavy atom. The van der Waals surface area contributed by atoms with Gasteiger partial charge in [0, 0.05) is 45.2 Å². The minimum atomic E-state index is -0.00961. The molecule has 4 nitrogen and oxygen atoms in total. The van der Waals surface area contributed by atoms with Gasteiger partial charge in [0.2, 0.25) is 0 Å². The van der Waals surface area contributed by atoms with Crippen LogP contribution in [0.4, 0.5) is 17.1 Å². The number of anilines is 3. The number of ether oxygens (including phenoxy) is 1. The second-order valence-corrected chi connectivity index (χ2v) is 15.6. The number of nitrogens with zero attached hydrogens (tertiary/aromatic N) is 1. The third-order valence-corrected chi connectivity index (χ3v) is 12.0. The summed E-state index contributed by atoms with van der Waals surface area (Å²) in [4.78, 5) is 2.33. The van der Waals surface area contributed by atoms with Crippen molar-refractivity contribution in [2.24, 2.45) is 0 Å². The van der Waals surface area contributed by atoms with Crippen LogP contribution in [-0.4, -0.2) is 0 Å². The minimum Gasteiger partial charge on any atom is -0.484 e. The summed E-state index contributed by atoms with van der Waals surface area (Å²) < 4.78 is 19.5. The zero-order chi connectivity index (χ0) is 39.6. The number of rotatable bonds is 7. The molecule has 1 unspecified atom stereocenters. The molecule has 4 heteroatoms. The second kappa shape index (κ2) is 13.9. The number of fused-ring (bicyclic) bond motifs is 8. The van der Waals surface area contributed by atoms with Crippen LogP contribution in [0.2, 0.25) is 0 Å². The van der Waals surface area contributed by atoms with Crippen LogP contribution < -0.4 is 9.64 Å². The van der Waals surface area contributed by atoms with Crippen molar-refractivity contribution in [1.82, 2.24) is 0 Å². The van der Waals surface area contributed by atoms with Crippen LogP contribution in [0.25, 0.3) is 77.3 Å². The minimum absolute atomic E-state index is 0.00961. The summed E-state index contributed by atoms with van der Waals surface area (Å²) in [5.74, 6) is 0.931. The molecule has 0 spiro atoms. The van der Waals surface area contributed by atoms with E-state index in [4.69, 9.17) is 13.6 Å². The standard InChI is InChI=1S/C56H37NO3/c1-3-11-36(12-4-1)37-21-27-43(28-22-37)57(45-16-9-15-41(33-45)46-18-10-19-48-47-17-7-8-20-50(47)59-56(46)48)44-29-23-38(24-30-44)40-25-31-51-49(34-40)54-52(58-51)32-26-42-35-53(60-55(42)54)39-13-5-2-6-14-39/h1-34,53H,35H2. The third-order valence-electron chi connectivity index (χ3n) is 12.0. The highest BCUT2D eigenvalue weighted by molar-refractivity contribution is 6.11. The van der Waals surface area contributed by atoms with E-state index in [1.54, 1.807) is 0 Å². The van der Waals surface area contributed by atoms with E-state index in [0.717, 1.165) is 95.4 Å². The van der Waals surface area contributed by atoms with Gasteiger partial charge in [-0.3, -0.25) is 0 Å². The molecule has 1 aliphatic heterocycles. The van der Waals surface area contributed by atoms with Gasteiger partial charge in [-0.1, -0.05) is 146 Å². The van der Waals surface area contributed by atoms with E-state index in [1.165, 1.54) is 22.3 Å². The van der Waals surface area contributed by atoms with Crippen molar-refractivity contribution < 1.29 is 13.6 Å². The average Bonchev–Trinajstić information content (AvgIpc) is 4.04. The van der Waals surface area contributed by atoms with Crippen LogP contribution in [0, 0.1) is 0 Å². The molecule has 12 rings (SSSR count). The van der Waals surface area contributed by atoms with Crippen molar-refractivity contribution in [1.29, 1.82) is 0 Å². The summed E-state index contributed by atoms with van der Waals surface area (Å²) in [7, 11) is 0. The van der Waals surface area contributed by atoms with Gasteiger partial charge in [-0.25, -0.2) is 0 Å². The number of furan rings is 2. The van der Waals surface area contributed by atoms with Crippen molar-refractivity contribution in [2.75, 3.05) is 4.90 Å². The largest absolute Gasteiger partial charge is 0.484 e. The van der Waals surface area contributed by atoms with Crippen molar-refractivity contribution in [3.63, 3.8) is 0 Å². The zero-order valence-corrected chi connectivity index (χ0v) is 32.6. The molecule has 0 fully saturated rings. The lowest BCUT2D eigenvalue weighted by atomic mass is 9.99. The monoisotopic (exact) mass is 771 g/mol. The Bertz CT molecular complexity index is 3360. The van der Waals surface area contributed by atoms with E-state index in [-0.39, 0.29) is 6.10 Å². The van der Waals surface area contributed by atoms with Gasteiger partial charge in [-0.2, -0.15) is 0 Å². The fraction of sp³-hybridized carbons (Fsp3) is 0.0357. The molecule has 0 N–H and O–H groups in total. The molecule has 2 aromatic heterocycles. The van der Waals surface area contributed by atoms with Crippen LogP contribution in [0.3, 0.4) is 0 Å². The summed E-state index contributed by atoms with van der Waals surface area (Å²) in [5, 5.41) is 4.35. The van der Waals surface area contributed by atoms with Crippen LogP contribution in [0.15, 0.2) is 215 Å². The number of hydrogen-bond donors (Lipinski definition) is 0. The smallest absolute Gasteiger partial charge is 0.143 e. The average molecular weight is 772 g/mol. The lowest BCUT2D eigenvalue weighted by Crippen LogP contribution is -2.10. The topological polar surface area (TPSA) is 38.8 Å². The van der Waals surface area contributed by atoms with Gasteiger partial charge >= 0.3 is 0 Å². The summed E-state index contributed by atoms with van der Waals surface area (Å²) in [5.41, 5.74) is 15.8. The molecule has 1 atom stereocenters. The van der Waals surface area contributed by atoms with Crippen molar-refractivity contribution in [2.45, 2.75) is 12.5 Å². The highest BCUT2D eigenvalue weighted by Gasteiger charge is 2.28. The molecule has 0 saturated carbocycles. The van der Waals surface area contributed by atoms with Gasteiger partial charge in [0.15, 0.2) is 0 Å². The first-order chi connectivity index (χ1) is 29.7. The molecule has 0 amide bonds. The lowest BCUT2D eigenvalue weighted by molar-refractivity contribution is 0.241. The Kier molecular flexibility index (Phi) is 7.95. The van der Waals surface area contributed by atoms with Crippen molar-refractivity contribution in [3.8, 4) is 39.1 Å². The number of hydrogen-bond acceptors (Lipinski definition) is 4. The molecule has 0 aliphatic carbocycles. The summed E-state index contributed by atoms with van der Waals surface area (Å²) in [6, 6.07) is 72.9. The van der Waals surface area contributed by atoms with Gasteiger partial charge in [0.1, 0.15) is 34.2 Å². The molecular weight excluding hydrogens is 735 g/mol. The van der Waals surface area contributed by atoms with Gasteiger partial charge in [0.05, 0.1) is 5.39 Å². The van der Waals surface area contributed by atoms with E-state index in [0.29, 0.717) is 0 Å². The Balaban J connectivity index is 0.934. The summed E-state index contributed by atoms with van der Waals surface area (Å²) in [6.07, 6.45) is 0.831. The predicted molar refractivity (Wildman–Crippen MR) is 246 cm³/mol. The van der Waals surface area contributed by atoms with E-state index >= 15 is 0 Å². The van der Waals surface area contributed by atoms with E-state index in [1.807, 2.05) is 18.2 Å². The van der Waals surface area contributed by atoms with Crippen LogP contribution in [-0.2, 0) is 6.42 Å². The SMILES string of the molecule is c1ccc(-c2ccc(N(c3ccc(-c4ccc5oc6ccc7c(c6c5c4)OC(c4ccccc4)C7)cc3)c3cccc(-c4cccc5c4oc4ccccc45)c3)cc2)cc1. The first-order valence-electron chi connectivity index (χ1n) is 20.5. The van der Waals surface area contributed by atoms with E-state index in [9.17, 15) is 0 Å². The second-order valence-electron chi connectivity index (χ2n) is 15.6. The maximum atomic E-state index is 6.68. The molecule has 0 saturated heterocycles. The highest BCUT2D eigenvalue weighted by atomic mass is 16.5. The Hall–Kier alpha value is -7.82. The van der Waals surface area contributed by atoms with Crippen LogP contribution >= 0.6 is 0 Å². The Morgan fingerprint density at radius 3 is 1.82 bits per heavy atom. The maximum Gasteiger partial charge on any atom is 0.143 e. The molecule has 284 valence electrons. The quantitative estimate of drug-likeness (QED) is 0.162. The van der Waals surface area contributed by atoms with Gasteiger partial charge in [0.25, 0.3) is 0 Å². The van der Waals surface area contributed by atoms with E-state index < -0.39 is 0 Å². The molecule has 60 heavy (non-hydrogen) atoms. The molecule has 0 bridgehead atoms. The van der Waals surface area contributed by atoms with Crippen LogP contribution in [0.1, 0.15) is 17.2 Å². The predicted octanol–water partition coefficient (Wildman–Crippen LogP) is 15.6. The van der Waals surface area contributed by atoms with Gasteiger partial charge in [-0.15, -0.1) is 0 Å². The summed E-state index contributed by atoms with van der Waals surface area (Å²) in [6.45, 7) is 0. The molecule has 0 radical (unpaired) electrons. The van der Waals surface area contributed by atoms with Gasteiger partial charge < -0.3 is 18.5 Å². The Labute approximate surface area is 347 Å². The normalized spacial score (nSPS) is 13.6. The van der Waals surface area contributed by atoms with Crippen molar-refractivity contribution in [3.05, 3.63) is 217 Å². The zero-order valence-electron chi connectivity index (χ0n) is 32.6. The summed E-state index contributed by atoms with van der Waals surface area (Å²) >= 11 is 0. The fourth-order valence-electron chi connectivity index (χ4n) is 9.06. The third kappa shape index (κ3) is 5.76. The van der Waals surface area contributed by atoms with Gasteiger partial charge in [-0.05, 0) is 99.6 Å². The maximum absolute atomic E-state index is 6.68. The molecule has 3 heterocycles. The Morgan fingerprint density at radius 2 is 1.02 bits per heavy atom. The van der Waals surface area contributed by atoms with Crippen LogP contribution in [0.5, 0.6) is 5.75 Å². The highest BCUT2D eigenvalue weighted by Crippen LogP contribution is 2.47. The molecule has 11 aromatic rings. The fourth-order valence-corrected chi connectivity index (χ4v) is 9.06. The lowest BCUT2D eigenvalue weighted by Gasteiger charge is -2.26. The molecular formula is C56H37NO3. The first-order valence-corrected chi connectivity index (χ1v) is 20.5. The van der Waals surface area contributed by atoms with Crippen molar-refractivity contribution >= 4 is 60.9 Å².